The van der Waals surface area contributed by atoms with E-state index in [2.05, 4.69) is 13.8 Å². The van der Waals surface area contributed by atoms with Crippen LogP contribution >= 0.6 is 0 Å². The lowest BCUT2D eigenvalue weighted by molar-refractivity contribution is -0.000585. The van der Waals surface area contributed by atoms with Crippen molar-refractivity contribution < 1.29 is 14.6 Å². The van der Waals surface area contributed by atoms with Gasteiger partial charge >= 0.3 is 0 Å². The number of ether oxygens (including phenoxy) is 2. The van der Waals surface area contributed by atoms with Crippen LogP contribution in [0.3, 0.4) is 0 Å². The van der Waals surface area contributed by atoms with Gasteiger partial charge < -0.3 is 20.3 Å². The second-order valence-electron chi connectivity index (χ2n) is 6.86. The Morgan fingerprint density at radius 1 is 1.12 bits per heavy atom. The lowest BCUT2D eigenvalue weighted by Gasteiger charge is -2.43. The van der Waals surface area contributed by atoms with Gasteiger partial charge in [-0.25, -0.2) is 0 Å². The van der Waals surface area contributed by atoms with Crippen molar-refractivity contribution in [3.8, 4) is 11.5 Å². The van der Waals surface area contributed by atoms with Gasteiger partial charge in [0.05, 0.1) is 12.7 Å². The van der Waals surface area contributed by atoms with E-state index in [1.54, 1.807) is 6.07 Å². The molecule has 0 aromatic heterocycles. The molecular formula is C20H25NO3. The van der Waals surface area contributed by atoms with Gasteiger partial charge in [-0.15, -0.1) is 0 Å². The molecule has 0 aliphatic heterocycles. The molecule has 0 spiro atoms. The first-order valence-corrected chi connectivity index (χ1v) is 8.36. The number of nitrogens with two attached hydrogens (primary N) is 1. The molecule has 2 aromatic carbocycles. The maximum Gasteiger partial charge on any atom is 0.119 e. The highest BCUT2D eigenvalue weighted by Gasteiger charge is 2.41. The van der Waals surface area contributed by atoms with Crippen LogP contribution in [-0.4, -0.2) is 30.5 Å². The van der Waals surface area contributed by atoms with E-state index in [-0.39, 0.29) is 23.3 Å². The first kappa shape index (κ1) is 16.8. The molecular weight excluding hydrogens is 302 g/mol. The van der Waals surface area contributed by atoms with Gasteiger partial charge in [-0.2, -0.15) is 0 Å². The van der Waals surface area contributed by atoms with E-state index in [1.807, 2.05) is 42.5 Å². The maximum absolute atomic E-state index is 9.77. The van der Waals surface area contributed by atoms with E-state index < -0.39 is 0 Å². The summed E-state index contributed by atoms with van der Waals surface area (Å²) in [6, 6.07) is 15.1. The van der Waals surface area contributed by atoms with Crippen molar-refractivity contribution in [3.05, 3.63) is 59.7 Å². The Kier molecular flexibility index (Phi) is 4.78. The summed E-state index contributed by atoms with van der Waals surface area (Å²) in [6.07, 6.45) is 0.697. The van der Waals surface area contributed by atoms with Crippen molar-refractivity contribution in [2.45, 2.75) is 37.8 Å². The molecule has 1 aliphatic rings. The monoisotopic (exact) mass is 327 g/mol. The average Bonchev–Trinajstić information content (AvgIpc) is 2.58. The highest BCUT2D eigenvalue weighted by atomic mass is 16.5. The minimum Gasteiger partial charge on any atom is -0.508 e. The molecule has 24 heavy (non-hydrogen) atoms. The number of hydrogen-bond acceptors (Lipinski definition) is 4. The Bertz CT molecular complexity index is 685. The van der Waals surface area contributed by atoms with Crippen LogP contribution in [0.5, 0.6) is 11.5 Å². The van der Waals surface area contributed by atoms with Gasteiger partial charge in [0.1, 0.15) is 18.1 Å². The van der Waals surface area contributed by atoms with Crippen LogP contribution in [0.15, 0.2) is 48.5 Å². The second-order valence-corrected chi connectivity index (χ2v) is 6.86. The number of phenolic OH excluding ortho intramolecular Hbond substituents is 1. The largest absolute Gasteiger partial charge is 0.508 e. The summed E-state index contributed by atoms with van der Waals surface area (Å²) in [4.78, 5) is 0. The van der Waals surface area contributed by atoms with Gasteiger partial charge in [0, 0.05) is 17.9 Å². The summed E-state index contributed by atoms with van der Waals surface area (Å²) in [5, 5.41) is 9.77. The van der Waals surface area contributed by atoms with Gasteiger partial charge in [0.2, 0.25) is 0 Å². The molecule has 4 heteroatoms. The third-order valence-electron chi connectivity index (χ3n) is 4.87. The Morgan fingerprint density at radius 2 is 1.88 bits per heavy atom. The van der Waals surface area contributed by atoms with Crippen LogP contribution in [0.25, 0.3) is 0 Å². The summed E-state index contributed by atoms with van der Waals surface area (Å²) in [6.45, 7) is 5.20. The van der Waals surface area contributed by atoms with Crippen LogP contribution in [0.4, 0.5) is 0 Å². The van der Waals surface area contributed by atoms with Crippen LogP contribution in [-0.2, 0) is 16.6 Å². The number of benzene rings is 2. The zero-order valence-corrected chi connectivity index (χ0v) is 14.2. The topological polar surface area (TPSA) is 64.7 Å². The molecule has 0 radical (unpaired) electrons. The normalized spacial score (nSPS) is 22.0. The van der Waals surface area contributed by atoms with Crippen LogP contribution < -0.4 is 10.5 Å². The predicted octanol–water partition coefficient (Wildman–Crippen LogP) is 3.02. The molecule has 0 saturated carbocycles. The standard InChI is InChI=1S/C20H25NO3/c1-20(2)17-13-15(22)9-8-14(17)12-18(19(20)21)24-11-10-23-16-6-4-3-5-7-16/h3-9,13,18-19,22H,10-12,21H2,1-2H3/t18-,19+/m1/s1. The van der Waals surface area contributed by atoms with Gasteiger partial charge in [-0.3, -0.25) is 0 Å². The fraction of sp³-hybridized carbons (Fsp3) is 0.400. The summed E-state index contributed by atoms with van der Waals surface area (Å²) in [7, 11) is 0. The van der Waals surface area contributed by atoms with E-state index in [4.69, 9.17) is 15.2 Å². The lowest BCUT2D eigenvalue weighted by atomic mass is 9.68. The molecule has 128 valence electrons. The van der Waals surface area contributed by atoms with Crippen LogP contribution in [0.1, 0.15) is 25.0 Å². The Balaban J connectivity index is 1.61. The molecule has 3 rings (SSSR count). The highest BCUT2D eigenvalue weighted by molar-refractivity contribution is 5.43. The van der Waals surface area contributed by atoms with Crippen LogP contribution in [0.2, 0.25) is 0 Å². The number of para-hydroxylation sites is 1. The lowest BCUT2D eigenvalue weighted by Crippen LogP contribution is -2.54. The summed E-state index contributed by atoms with van der Waals surface area (Å²) >= 11 is 0. The first-order chi connectivity index (χ1) is 11.5. The van der Waals surface area contributed by atoms with E-state index in [0.717, 1.165) is 17.7 Å². The number of rotatable bonds is 5. The molecule has 3 N–H and O–H groups in total. The van der Waals surface area contributed by atoms with E-state index in [1.165, 1.54) is 5.56 Å². The van der Waals surface area contributed by atoms with Gasteiger partial charge in [-0.1, -0.05) is 38.1 Å². The molecule has 0 heterocycles. The molecule has 2 aromatic rings. The SMILES string of the molecule is CC1(C)c2cc(O)ccc2C[C@@H](OCCOc2ccccc2)[C@@H]1N. The van der Waals surface area contributed by atoms with Gasteiger partial charge in [-0.05, 0) is 35.4 Å². The van der Waals surface area contributed by atoms with E-state index in [0.29, 0.717) is 13.2 Å². The summed E-state index contributed by atoms with van der Waals surface area (Å²) < 4.78 is 11.7. The number of fused-ring (bicyclic) bond motifs is 1. The molecule has 4 nitrogen and oxygen atoms in total. The Morgan fingerprint density at radius 3 is 2.62 bits per heavy atom. The minimum atomic E-state index is -0.253. The second kappa shape index (κ2) is 6.83. The third kappa shape index (κ3) is 3.40. The number of hydrogen-bond donors (Lipinski definition) is 2. The molecule has 0 amide bonds. The van der Waals surface area contributed by atoms with E-state index >= 15 is 0 Å². The van der Waals surface area contributed by atoms with Gasteiger partial charge in [0.15, 0.2) is 0 Å². The zero-order valence-electron chi connectivity index (χ0n) is 14.2. The fourth-order valence-electron chi connectivity index (χ4n) is 3.37. The van der Waals surface area contributed by atoms with Crippen molar-refractivity contribution in [1.29, 1.82) is 0 Å². The molecule has 2 atom stereocenters. The van der Waals surface area contributed by atoms with Crippen molar-refractivity contribution >= 4 is 0 Å². The summed E-state index contributed by atoms with van der Waals surface area (Å²) in [5.74, 6) is 1.12. The fourth-order valence-corrected chi connectivity index (χ4v) is 3.37. The molecule has 0 unspecified atom stereocenters. The Labute approximate surface area is 143 Å². The quantitative estimate of drug-likeness (QED) is 0.829. The van der Waals surface area contributed by atoms with Crippen molar-refractivity contribution in [1.82, 2.24) is 0 Å². The first-order valence-electron chi connectivity index (χ1n) is 8.36. The molecule has 0 saturated heterocycles. The number of aromatic hydroxyl groups is 1. The number of phenols is 1. The molecule has 1 aliphatic carbocycles. The minimum absolute atomic E-state index is 0.0589. The summed E-state index contributed by atoms with van der Waals surface area (Å²) in [5.41, 5.74) is 8.51. The van der Waals surface area contributed by atoms with Crippen LogP contribution in [0, 0.1) is 0 Å². The molecule has 0 bridgehead atoms. The highest BCUT2D eigenvalue weighted by Crippen LogP contribution is 2.38. The predicted molar refractivity (Wildman–Crippen MR) is 94.5 cm³/mol. The van der Waals surface area contributed by atoms with Crippen molar-refractivity contribution in [3.63, 3.8) is 0 Å². The van der Waals surface area contributed by atoms with Crippen molar-refractivity contribution in [2.75, 3.05) is 13.2 Å². The third-order valence-corrected chi connectivity index (χ3v) is 4.87. The van der Waals surface area contributed by atoms with E-state index in [9.17, 15) is 5.11 Å². The zero-order chi connectivity index (χ0) is 17.2. The average molecular weight is 327 g/mol. The van der Waals surface area contributed by atoms with Crippen molar-refractivity contribution in [2.24, 2.45) is 5.73 Å². The smallest absolute Gasteiger partial charge is 0.119 e. The molecule has 0 fully saturated rings. The maximum atomic E-state index is 9.77. The Hall–Kier alpha value is -2.04. The van der Waals surface area contributed by atoms with Gasteiger partial charge in [0.25, 0.3) is 0 Å².